The number of H-pyrrole nitrogens is 2. The molecule has 1 aliphatic heterocycles. The van der Waals surface area contributed by atoms with Crippen molar-refractivity contribution in [2.75, 3.05) is 6.54 Å². The van der Waals surface area contributed by atoms with Crippen LogP contribution in [0.5, 0.6) is 0 Å². The minimum atomic E-state index is -0.497. The summed E-state index contributed by atoms with van der Waals surface area (Å²) < 4.78 is 0. The molecule has 1 fully saturated rings. The third kappa shape index (κ3) is 2.73. The fourth-order valence-corrected chi connectivity index (χ4v) is 1.72. The average Bonchev–Trinajstić information content (AvgIpc) is 2.50. The van der Waals surface area contributed by atoms with E-state index in [-0.39, 0.29) is 12.4 Å². The van der Waals surface area contributed by atoms with E-state index in [0.717, 1.165) is 19.4 Å². The quantitative estimate of drug-likeness (QED) is 0.687. The summed E-state index contributed by atoms with van der Waals surface area (Å²) in [6, 6.07) is 1.35. The Hall–Kier alpha value is -1.56. The van der Waals surface area contributed by atoms with Gasteiger partial charge in [-0.25, -0.2) is 4.79 Å². The zero-order chi connectivity index (χ0) is 10.8. The first-order chi connectivity index (χ1) is 7.15. The number of amidine groups is 1. The summed E-state index contributed by atoms with van der Waals surface area (Å²) in [4.78, 5) is 28.5. The molecule has 0 unspecified atom stereocenters. The highest BCUT2D eigenvalue weighted by Crippen LogP contribution is 2.11. The van der Waals surface area contributed by atoms with Crippen LogP contribution in [0.4, 0.5) is 0 Å². The maximum atomic E-state index is 11.0. The fourth-order valence-electron chi connectivity index (χ4n) is 1.72. The smallest absolute Gasteiger partial charge is 0.325 e. The lowest BCUT2D eigenvalue weighted by molar-refractivity contribution is 0.438. The van der Waals surface area contributed by atoms with Gasteiger partial charge in [0, 0.05) is 24.7 Å². The fraction of sp³-hybridized carbons (Fsp3) is 0.444. The van der Waals surface area contributed by atoms with E-state index in [0.29, 0.717) is 18.1 Å². The van der Waals surface area contributed by atoms with Crippen molar-refractivity contribution < 1.29 is 0 Å². The molecule has 2 rings (SSSR count). The average molecular weight is 245 g/mol. The van der Waals surface area contributed by atoms with E-state index in [4.69, 9.17) is 5.41 Å². The molecular weight excluding hydrogens is 232 g/mol. The predicted molar refractivity (Wildman–Crippen MR) is 62.3 cm³/mol. The molecule has 0 atom stereocenters. The van der Waals surface area contributed by atoms with E-state index in [1.165, 1.54) is 6.07 Å². The van der Waals surface area contributed by atoms with Crippen molar-refractivity contribution >= 4 is 18.2 Å². The molecule has 0 aromatic carbocycles. The molecule has 6 nitrogen and oxygen atoms in total. The third-order valence-corrected chi connectivity index (χ3v) is 2.40. The lowest BCUT2D eigenvalue weighted by atomic mass is 10.3. The topological polar surface area (TPSA) is 92.8 Å². The summed E-state index contributed by atoms with van der Waals surface area (Å²) in [6.45, 7) is 1.24. The van der Waals surface area contributed by atoms with Gasteiger partial charge in [-0.05, 0) is 6.42 Å². The predicted octanol–water partition coefficient (Wildman–Crippen LogP) is 0.0581. The van der Waals surface area contributed by atoms with Gasteiger partial charge in [0.15, 0.2) is 0 Å². The van der Waals surface area contributed by atoms with Crippen LogP contribution >= 0.6 is 12.4 Å². The normalized spacial score (nSPS) is 15.0. The van der Waals surface area contributed by atoms with Crippen LogP contribution in [-0.2, 0) is 6.54 Å². The van der Waals surface area contributed by atoms with Crippen LogP contribution in [0.2, 0.25) is 0 Å². The lowest BCUT2D eigenvalue weighted by Crippen LogP contribution is -2.29. The summed E-state index contributed by atoms with van der Waals surface area (Å²) >= 11 is 0. The first-order valence-electron chi connectivity index (χ1n) is 4.80. The van der Waals surface area contributed by atoms with Crippen LogP contribution in [0.1, 0.15) is 18.5 Å². The van der Waals surface area contributed by atoms with E-state index < -0.39 is 11.2 Å². The summed E-state index contributed by atoms with van der Waals surface area (Å²) in [5, 5.41) is 7.61. The van der Waals surface area contributed by atoms with Crippen molar-refractivity contribution in [2.45, 2.75) is 19.4 Å². The van der Waals surface area contributed by atoms with Gasteiger partial charge in [-0.2, -0.15) is 0 Å². The van der Waals surface area contributed by atoms with Crippen molar-refractivity contribution in [3.63, 3.8) is 0 Å². The SMILES string of the molecule is Cl.N=C1CCCN1Cc1cc(=O)[nH]c(=O)[nH]1. The maximum absolute atomic E-state index is 11.0. The Morgan fingerprint density at radius 2 is 2.12 bits per heavy atom. The highest BCUT2D eigenvalue weighted by molar-refractivity contribution is 5.85. The molecule has 2 heterocycles. The second kappa shape index (κ2) is 4.98. The van der Waals surface area contributed by atoms with Crippen LogP contribution < -0.4 is 11.2 Å². The van der Waals surface area contributed by atoms with Gasteiger partial charge in [-0.15, -0.1) is 12.4 Å². The van der Waals surface area contributed by atoms with Crippen LogP contribution in [0, 0.1) is 5.41 Å². The molecule has 1 aliphatic rings. The van der Waals surface area contributed by atoms with E-state index in [2.05, 4.69) is 9.97 Å². The Bertz CT molecular complexity index is 465. The molecule has 0 radical (unpaired) electrons. The molecular formula is C9H13ClN4O2. The standard InChI is InChI=1S/C9H12N4O2.ClH/c10-7-2-1-3-13(7)5-6-4-8(14)12-9(15)11-6;/h4,10H,1-3,5H2,(H2,11,12,14,15);1H. The van der Waals surface area contributed by atoms with Gasteiger partial charge < -0.3 is 9.88 Å². The van der Waals surface area contributed by atoms with Crippen molar-refractivity contribution in [1.29, 1.82) is 5.41 Å². The minimum Gasteiger partial charge on any atom is -0.355 e. The lowest BCUT2D eigenvalue weighted by Gasteiger charge is -2.16. The largest absolute Gasteiger partial charge is 0.355 e. The van der Waals surface area contributed by atoms with Gasteiger partial charge in [0.25, 0.3) is 5.56 Å². The Labute approximate surface area is 97.6 Å². The number of nitrogens with zero attached hydrogens (tertiary/aromatic N) is 1. The zero-order valence-corrected chi connectivity index (χ0v) is 9.39. The minimum absolute atomic E-state index is 0. The molecule has 0 aliphatic carbocycles. The van der Waals surface area contributed by atoms with Gasteiger partial charge in [0.05, 0.1) is 12.4 Å². The molecule has 0 saturated carbocycles. The first kappa shape index (κ1) is 12.5. The molecule has 88 valence electrons. The molecule has 3 N–H and O–H groups in total. The Kier molecular flexibility index (Phi) is 3.89. The van der Waals surface area contributed by atoms with Gasteiger partial charge in [-0.3, -0.25) is 15.2 Å². The van der Waals surface area contributed by atoms with E-state index in [1.807, 2.05) is 4.90 Å². The summed E-state index contributed by atoms with van der Waals surface area (Å²) in [5.74, 6) is 0.566. The number of nitrogens with one attached hydrogen (secondary N) is 3. The molecule has 16 heavy (non-hydrogen) atoms. The Morgan fingerprint density at radius 3 is 2.69 bits per heavy atom. The number of hydrogen-bond acceptors (Lipinski definition) is 3. The highest BCUT2D eigenvalue weighted by Gasteiger charge is 2.17. The number of aromatic nitrogens is 2. The van der Waals surface area contributed by atoms with Crippen molar-refractivity contribution in [3.05, 3.63) is 32.6 Å². The molecule has 1 aromatic rings. The van der Waals surface area contributed by atoms with E-state index in [9.17, 15) is 9.59 Å². The van der Waals surface area contributed by atoms with Crippen molar-refractivity contribution in [2.24, 2.45) is 0 Å². The van der Waals surface area contributed by atoms with Gasteiger partial charge >= 0.3 is 5.69 Å². The summed E-state index contributed by atoms with van der Waals surface area (Å²) in [6.07, 6.45) is 1.74. The number of rotatable bonds is 2. The van der Waals surface area contributed by atoms with Crippen molar-refractivity contribution in [3.8, 4) is 0 Å². The molecule has 1 aromatic heterocycles. The van der Waals surface area contributed by atoms with Crippen molar-refractivity contribution in [1.82, 2.24) is 14.9 Å². The summed E-state index contributed by atoms with van der Waals surface area (Å²) in [7, 11) is 0. The molecule has 1 saturated heterocycles. The van der Waals surface area contributed by atoms with E-state index in [1.54, 1.807) is 0 Å². The Morgan fingerprint density at radius 1 is 1.38 bits per heavy atom. The number of aromatic amines is 2. The second-order valence-corrected chi connectivity index (χ2v) is 3.58. The molecule has 0 amide bonds. The number of halogens is 1. The van der Waals surface area contributed by atoms with E-state index >= 15 is 0 Å². The van der Waals surface area contributed by atoms with Crippen LogP contribution in [0.3, 0.4) is 0 Å². The third-order valence-electron chi connectivity index (χ3n) is 2.40. The second-order valence-electron chi connectivity index (χ2n) is 3.58. The Balaban J connectivity index is 0.00000128. The maximum Gasteiger partial charge on any atom is 0.325 e. The van der Waals surface area contributed by atoms with Crippen LogP contribution in [0.15, 0.2) is 15.7 Å². The van der Waals surface area contributed by atoms with Gasteiger partial charge in [0.2, 0.25) is 0 Å². The first-order valence-corrected chi connectivity index (χ1v) is 4.80. The number of likely N-dealkylation sites (tertiary alicyclic amines) is 1. The zero-order valence-electron chi connectivity index (χ0n) is 8.58. The van der Waals surface area contributed by atoms with Crippen LogP contribution in [-0.4, -0.2) is 27.2 Å². The molecule has 7 heteroatoms. The van der Waals surface area contributed by atoms with Gasteiger partial charge in [-0.1, -0.05) is 0 Å². The summed E-state index contributed by atoms with van der Waals surface area (Å²) in [5.41, 5.74) is -0.349. The number of hydrogen-bond donors (Lipinski definition) is 3. The monoisotopic (exact) mass is 244 g/mol. The molecule has 0 bridgehead atoms. The highest BCUT2D eigenvalue weighted by atomic mass is 35.5. The van der Waals surface area contributed by atoms with Gasteiger partial charge in [0.1, 0.15) is 0 Å². The van der Waals surface area contributed by atoms with Crippen LogP contribution in [0.25, 0.3) is 0 Å². The molecule has 0 spiro atoms.